The van der Waals surface area contributed by atoms with Gasteiger partial charge in [-0.15, -0.1) is 0 Å². The highest BCUT2D eigenvalue weighted by Gasteiger charge is 2.53. The second-order valence-corrected chi connectivity index (χ2v) is 8.73. The highest BCUT2D eigenvalue weighted by Crippen LogP contribution is 2.36. The minimum absolute atomic E-state index is 0.211. The second-order valence-electron chi connectivity index (χ2n) is 8.73. The highest BCUT2D eigenvalue weighted by atomic mass is 16.6. The van der Waals surface area contributed by atoms with Gasteiger partial charge >= 0.3 is 17.9 Å². The van der Waals surface area contributed by atoms with Crippen LogP contribution in [-0.4, -0.2) is 40.8 Å². The van der Waals surface area contributed by atoms with Crippen LogP contribution in [0.5, 0.6) is 0 Å². The lowest BCUT2D eigenvalue weighted by molar-refractivity contribution is -0.171. The molecule has 1 aromatic rings. The number of carboxylic acid groups (broad SMARTS) is 1. The van der Waals surface area contributed by atoms with Gasteiger partial charge < -0.3 is 20.3 Å². The van der Waals surface area contributed by atoms with Gasteiger partial charge in [-0.3, -0.25) is 14.4 Å². The van der Waals surface area contributed by atoms with Crippen molar-refractivity contribution in [1.82, 2.24) is 0 Å². The van der Waals surface area contributed by atoms with Crippen LogP contribution in [0.4, 0.5) is 0 Å². The summed E-state index contributed by atoms with van der Waals surface area (Å²) in [6, 6.07) is 5.08. The fourth-order valence-corrected chi connectivity index (χ4v) is 3.67. The van der Waals surface area contributed by atoms with Gasteiger partial charge in [-0.1, -0.05) is 29.8 Å². The molecule has 3 N–H and O–H groups in total. The van der Waals surface area contributed by atoms with E-state index in [2.05, 4.69) is 0 Å². The molecule has 1 unspecified atom stereocenters. The monoisotopic (exact) mass is 405 g/mol. The van der Waals surface area contributed by atoms with Gasteiger partial charge in [0.2, 0.25) is 0 Å². The maximum Gasteiger partial charge on any atom is 0.322 e. The summed E-state index contributed by atoms with van der Waals surface area (Å²) in [5, 5.41) is 9.71. The van der Waals surface area contributed by atoms with Crippen LogP contribution in [0, 0.1) is 6.92 Å². The van der Waals surface area contributed by atoms with E-state index in [0.29, 0.717) is 5.56 Å². The Bertz CT molecular complexity index is 763. The summed E-state index contributed by atoms with van der Waals surface area (Å²) in [6.45, 7) is 6.84. The number of hydrogen-bond donors (Lipinski definition) is 2. The maximum absolute atomic E-state index is 13.3. The van der Waals surface area contributed by atoms with E-state index in [4.69, 9.17) is 15.2 Å². The molecule has 0 heterocycles. The Morgan fingerprint density at radius 3 is 2.34 bits per heavy atom. The first-order valence-corrected chi connectivity index (χ1v) is 9.94. The van der Waals surface area contributed by atoms with E-state index < -0.39 is 41.4 Å². The lowest BCUT2D eigenvalue weighted by Crippen LogP contribution is -2.58. The molecule has 1 saturated carbocycles. The molecular weight excluding hydrogens is 374 g/mol. The van der Waals surface area contributed by atoms with Gasteiger partial charge in [0.1, 0.15) is 23.2 Å². The van der Waals surface area contributed by atoms with E-state index in [9.17, 15) is 19.5 Å². The quantitative estimate of drug-likeness (QED) is 0.670. The van der Waals surface area contributed by atoms with Gasteiger partial charge in [0.25, 0.3) is 0 Å². The van der Waals surface area contributed by atoms with E-state index in [1.807, 2.05) is 13.0 Å². The van der Waals surface area contributed by atoms with E-state index in [-0.39, 0.29) is 6.10 Å². The predicted molar refractivity (Wildman–Crippen MR) is 107 cm³/mol. The van der Waals surface area contributed by atoms with Crippen molar-refractivity contribution in [3.05, 3.63) is 35.4 Å². The molecule has 160 valence electrons. The number of rotatable bonds is 7. The van der Waals surface area contributed by atoms with Crippen LogP contribution in [0.2, 0.25) is 0 Å². The summed E-state index contributed by atoms with van der Waals surface area (Å²) in [7, 11) is 0. The third-order valence-electron chi connectivity index (χ3n) is 5.12. The van der Waals surface area contributed by atoms with E-state index in [1.54, 1.807) is 39.0 Å². The van der Waals surface area contributed by atoms with Crippen LogP contribution in [0.15, 0.2) is 24.3 Å². The molecule has 0 aromatic heterocycles. The van der Waals surface area contributed by atoms with Gasteiger partial charge in [-0.05, 0) is 58.9 Å². The lowest BCUT2D eigenvalue weighted by Gasteiger charge is -2.37. The van der Waals surface area contributed by atoms with Crippen molar-refractivity contribution in [3.8, 4) is 0 Å². The fraction of sp³-hybridized carbons (Fsp3) is 0.591. The summed E-state index contributed by atoms with van der Waals surface area (Å²) in [5.41, 5.74) is 4.38. The van der Waals surface area contributed by atoms with Gasteiger partial charge in [0.05, 0.1) is 6.42 Å². The molecule has 1 aliphatic rings. The Balaban J connectivity index is 2.53. The van der Waals surface area contributed by atoms with Crippen LogP contribution < -0.4 is 5.73 Å². The van der Waals surface area contributed by atoms with E-state index in [0.717, 1.165) is 31.2 Å². The lowest BCUT2D eigenvalue weighted by atomic mass is 9.71. The molecule has 1 fully saturated rings. The number of aryl methyl sites for hydroxylation is 1. The summed E-state index contributed by atoms with van der Waals surface area (Å²) in [6.07, 6.45) is 2.76. The first kappa shape index (κ1) is 22.9. The minimum Gasteiger partial charge on any atom is -0.480 e. The average Bonchev–Trinajstić information content (AvgIpc) is 3.10. The van der Waals surface area contributed by atoms with Crippen molar-refractivity contribution in [3.63, 3.8) is 0 Å². The standard InChI is InChI=1S/C22H31NO6/c1-14-8-7-9-15(12-14)22(18(23)19(25)26,20(27)29-21(2,3)4)13-17(24)28-16-10-5-6-11-16/h7-9,12,16,18H,5-6,10-11,13,23H2,1-4H3,(H,25,26)/t18-,22?/m0/s1. The number of carboxylic acids is 1. The molecule has 0 aliphatic heterocycles. The largest absolute Gasteiger partial charge is 0.480 e. The SMILES string of the molecule is Cc1cccc(C(CC(=O)OC2CCCC2)(C(=O)OC(C)(C)C)[C@@H](N)C(=O)O)c1. The smallest absolute Gasteiger partial charge is 0.322 e. The molecule has 2 atom stereocenters. The van der Waals surface area contributed by atoms with E-state index in [1.165, 1.54) is 0 Å². The second kappa shape index (κ2) is 8.95. The molecule has 7 heteroatoms. The summed E-state index contributed by atoms with van der Waals surface area (Å²) in [5.74, 6) is -2.90. The van der Waals surface area contributed by atoms with Gasteiger partial charge in [-0.25, -0.2) is 0 Å². The molecule has 0 radical (unpaired) electrons. The Morgan fingerprint density at radius 2 is 1.83 bits per heavy atom. The third kappa shape index (κ3) is 5.56. The Morgan fingerprint density at radius 1 is 1.21 bits per heavy atom. The molecule has 1 aliphatic carbocycles. The number of hydrogen-bond acceptors (Lipinski definition) is 6. The summed E-state index contributed by atoms with van der Waals surface area (Å²) < 4.78 is 11.1. The van der Waals surface area contributed by atoms with Crippen molar-refractivity contribution in [2.75, 3.05) is 0 Å². The number of aliphatic carboxylic acids is 1. The molecule has 7 nitrogen and oxygen atoms in total. The van der Waals surface area contributed by atoms with Gasteiger partial charge in [-0.2, -0.15) is 0 Å². The Kier molecular flexibility index (Phi) is 7.06. The zero-order valence-electron chi connectivity index (χ0n) is 17.6. The van der Waals surface area contributed by atoms with Crippen molar-refractivity contribution >= 4 is 17.9 Å². The zero-order chi connectivity index (χ0) is 21.8. The fourth-order valence-electron chi connectivity index (χ4n) is 3.67. The summed E-state index contributed by atoms with van der Waals surface area (Å²) >= 11 is 0. The van der Waals surface area contributed by atoms with Gasteiger partial charge in [0.15, 0.2) is 0 Å². The first-order valence-electron chi connectivity index (χ1n) is 9.94. The maximum atomic E-state index is 13.3. The number of nitrogens with two attached hydrogens (primary N) is 1. The predicted octanol–water partition coefficient (Wildman–Crippen LogP) is 2.86. The molecular formula is C22H31NO6. The van der Waals surface area contributed by atoms with Gasteiger partial charge in [0, 0.05) is 0 Å². The first-order chi connectivity index (χ1) is 13.5. The number of benzene rings is 1. The number of ether oxygens (including phenoxy) is 2. The average molecular weight is 405 g/mol. The number of carbonyl (C=O) groups is 3. The van der Waals surface area contributed by atoms with Crippen molar-refractivity contribution in [2.45, 2.75) is 83.0 Å². The molecule has 0 saturated heterocycles. The third-order valence-corrected chi connectivity index (χ3v) is 5.12. The molecule has 0 bridgehead atoms. The van der Waals surface area contributed by atoms with Crippen molar-refractivity contribution < 1.29 is 29.0 Å². The normalized spacial score (nSPS) is 18.0. The minimum atomic E-state index is -1.90. The topological polar surface area (TPSA) is 116 Å². The van der Waals surface area contributed by atoms with Crippen LogP contribution in [0.1, 0.15) is 64.0 Å². The molecule has 1 aromatic carbocycles. The Hall–Kier alpha value is -2.41. The zero-order valence-corrected chi connectivity index (χ0v) is 17.6. The molecule has 0 spiro atoms. The van der Waals surface area contributed by atoms with E-state index >= 15 is 0 Å². The van der Waals surface area contributed by atoms with Crippen molar-refractivity contribution in [2.24, 2.45) is 5.73 Å². The van der Waals surface area contributed by atoms with Crippen molar-refractivity contribution in [1.29, 1.82) is 0 Å². The van der Waals surface area contributed by atoms with Crippen LogP contribution in [0.25, 0.3) is 0 Å². The number of esters is 2. The Labute approximate surface area is 171 Å². The number of carbonyl (C=O) groups excluding carboxylic acids is 2. The summed E-state index contributed by atoms with van der Waals surface area (Å²) in [4.78, 5) is 38.0. The highest BCUT2D eigenvalue weighted by molar-refractivity contribution is 5.95. The molecule has 2 rings (SSSR count). The van der Waals surface area contributed by atoms with Crippen LogP contribution >= 0.6 is 0 Å². The van der Waals surface area contributed by atoms with Crippen LogP contribution in [-0.2, 0) is 29.3 Å². The molecule has 29 heavy (non-hydrogen) atoms. The van der Waals surface area contributed by atoms with Crippen LogP contribution in [0.3, 0.4) is 0 Å². The molecule has 0 amide bonds.